The minimum Gasteiger partial charge on any atom is -0.497 e. The van der Waals surface area contributed by atoms with Crippen LogP contribution < -0.4 is 15.5 Å². The average molecular weight is 407 g/mol. The van der Waals surface area contributed by atoms with E-state index in [0.717, 1.165) is 12.8 Å². The predicted octanol–water partition coefficient (Wildman–Crippen LogP) is 2.00. The van der Waals surface area contributed by atoms with Crippen molar-refractivity contribution in [3.8, 4) is 5.75 Å². The van der Waals surface area contributed by atoms with Crippen LogP contribution in [-0.4, -0.2) is 54.9 Å². The topological polar surface area (TPSA) is 117 Å². The molecule has 1 saturated heterocycles. The van der Waals surface area contributed by atoms with Gasteiger partial charge in [0.05, 0.1) is 18.9 Å². The highest BCUT2D eigenvalue weighted by Crippen LogP contribution is 2.33. The van der Waals surface area contributed by atoms with E-state index in [0.29, 0.717) is 30.7 Å². The van der Waals surface area contributed by atoms with Gasteiger partial charge < -0.3 is 19.7 Å². The lowest BCUT2D eigenvalue weighted by molar-refractivity contribution is -0.151. The zero-order valence-corrected chi connectivity index (χ0v) is 17.0. The molecule has 0 spiro atoms. The van der Waals surface area contributed by atoms with Crippen molar-refractivity contribution in [2.75, 3.05) is 20.7 Å². The molecule has 0 radical (unpaired) electrons. The first-order valence-electron chi connectivity index (χ1n) is 9.73. The van der Waals surface area contributed by atoms with Gasteiger partial charge in [0.25, 0.3) is 0 Å². The highest BCUT2D eigenvalue weighted by Gasteiger charge is 2.40. The fourth-order valence-corrected chi connectivity index (χ4v) is 3.65. The third-order valence-electron chi connectivity index (χ3n) is 5.21. The SMILES string of the molecule is CC[C@H](C(=O)NO)[C@H](C(=O)N1CCCC[C@@H]1OC(=O)NC)c1ccc(OC)cc1. The number of carbonyl (C=O) groups excluding carboxylic acids is 3. The van der Waals surface area contributed by atoms with Crippen LogP contribution in [0.1, 0.15) is 44.1 Å². The minimum atomic E-state index is -0.841. The number of hydroxylamine groups is 1. The van der Waals surface area contributed by atoms with Crippen molar-refractivity contribution in [3.63, 3.8) is 0 Å². The number of nitrogens with zero attached hydrogens (tertiary/aromatic N) is 1. The molecule has 9 nitrogen and oxygen atoms in total. The molecule has 1 aromatic carbocycles. The number of hydrogen-bond acceptors (Lipinski definition) is 6. The van der Waals surface area contributed by atoms with Gasteiger partial charge in [-0.05, 0) is 37.0 Å². The van der Waals surface area contributed by atoms with Crippen molar-refractivity contribution in [1.82, 2.24) is 15.7 Å². The number of amides is 3. The highest BCUT2D eigenvalue weighted by atomic mass is 16.6. The van der Waals surface area contributed by atoms with E-state index in [9.17, 15) is 19.6 Å². The first-order chi connectivity index (χ1) is 14.0. The lowest BCUT2D eigenvalue weighted by Gasteiger charge is -2.38. The Balaban J connectivity index is 2.40. The summed E-state index contributed by atoms with van der Waals surface area (Å²) >= 11 is 0. The molecule has 1 aliphatic heterocycles. The fraction of sp³-hybridized carbons (Fsp3) is 0.550. The number of likely N-dealkylation sites (tertiary alicyclic amines) is 1. The number of piperidine rings is 1. The monoisotopic (exact) mass is 407 g/mol. The molecular formula is C20H29N3O6. The van der Waals surface area contributed by atoms with Gasteiger partial charge in [-0.15, -0.1) is 0 Å². The summed E-state index contributed by atoms with van der Waals surface area (Å²) in [4.78, 5) is 39.1. The summed E-state index contributed by atoms with van der Waals surface area (Å²) in [7, 11) is 3.00. The van der Waals surface area contributed by atoms with Crippen molar-refractivity contribution < 1.29 is 29.1 Å². The number of carbonyl (C=O) groups is 3. The van der Waals surface area contributed by atoms with E-state index < -0.39 is 30.1 Å². The van der Waals surface area contributed by atoms with Crippen molar-refractivity contribution in [1.29, 1.82) is 0 Å². The van der Waals surface area contributed by atoms with E-state index in [1.807, 2.05) is 0 Å². The number of rotatable bonds is 7. The van der Waals surface area contributed by atoms with Gasteiger partial charge in [0.15, 0.2) is 6.23 Å². The van der Waals surface area contributed by atoms with Crippen LogP contribution in [0.5, 0.6) is 5.75 Å². The molecule has 1 aliphatic rings. The standard InChI is InChI=1S/C20H29N3O6/c1-4-15(18(24)22-27)17(13-8-10-14(28-3)11-9-13)19(25)23-12-6-5-7-16(23)29-20(26)21-2/h8-11,15-17,27H,4-7,12H2,1-3H3,(H,21,26)(H,22,24)/t15-,16-,17+/m0/s1. The smallest absolute Gasteiger partial charge is 0.408 e. The van der Waals surface area contributed by atoms with Gasteiger partial charge in [0, 0.05) is 20.0 Å². The molecule has 9 heteroatoms. The summed E-state index contributed by atoms with van der Waals surface area (Å²) in [6.07, 6.45) is 1.15. The second kappa shape index (κ2) is 10.7. The minimum absolute atomic E-state index is 0.320. The molecule has 29 heavy (non-hydrogen) atoms. The number of ether oxygens (including phenoxy) is 2. The Morgan fingerprint density at radius 2 is 1.93 bits per heavy atom. The van der Waals surface area contributed by atoms with Gasteiger partial charge in [-0.2, -0.15) is 0 Å². The third-order valence-corrected chi connectivity index (χ3v) is 5.21. The first kappa shape index (κ1) is 22.5. The third kappa shape index (κ3) is 5.38. The summed E-state index contributed by atoms with van der Waals surface area (Å²) < 4.78 is 10.6. The molecule has 160 valence electrons. The second-order valence-electron chi connectivity index (χ2n) is 6.88. The highest BCUT2D eigenvalue weighted by molar-refractivity contribution is 5.91. The van der Waals surface area contributed by atoms with Gasteiger partial charge in [-0.1, -0.05) is 19.1 Å². The van der Waals surface area contributed by atoms with Crippen LogP contribution in [0.2, 0.25) is 0 Å². The molecule has 3 amide bonds. The Morgan fingerprint density at radius 1 is 1.24 bits per heavy atom. The molecule has 0 unspecified atom stereocenters. The summed E-state index contributed by atoms with van der Waals surface area (Å²) in [5, 5.41) is 11.6. The lowest BCUT2D eigenvalue weighted by atomic mass is 9.82. The zero-order valence-electron chi connectivity index (χ0n) is 17.0. The summed E-state index contributed by atoms with van der Waals surface area (Å²) in [5.41, 5.74) is 2.29. The normalized spacial score (nSPS) is 18.3. The fourth-order valence-electron chi connectivity index (χ4n) is 3.65. The van der Waals surface area contributed by atoms with Gasteiger partial charge in [-0.3, -0.25) is 14.8 Å². The molecule has 3 atom stereocenters. The Kier molecular flexibility index (Phi) is 8.26. The molecule has 1 heterocycles. The molecule has 0 aromatic heterocycles. The quantitative estimate of drug-likeness (QED) is 0.470. The Morgan fingerprint density at radius 3 is 2.48 bits per heavy atom. The summed E-state index contributed by atoms with van der Waals surface area (Å²) in [5.74, 6) is -1.96. The number of nitrogens with one attached hydrogen (secondary N) is 2. The Hall–Kier alpha value is -2.81. The van der Waals surface area contributed by atoms with E-state index in [2.05, 4.69) is 5.32 Å². The van der Waals surface area contributed by atoms with Crippen LogP contribution in [0, 0.1) is 5.92 Å². The number of benzene rings is 1. The average Bonchev–Trinajstić information content (AvgIpc) is 2.76. The number of hydrogen-bond donors (Lipinski definition) is 3. The van der Waals surface area contributed by atoms with Crippen LogP contribution in [-0.2, 0) is 14.3 Å². The van der Waals surface area contributed by atoms with Gasteiger partial charge in [0.2, 0.25) is 11.8 Å². The second-order valence-corrected chi connectivity index (χ2v) is 6.88. The van der Waals surface area contributed by atoms with Gasteiger partial charge in [-0.25, -0.2) is 10.3 Å². The zero-order chi connectivity index (χ0) is 21.4. The molecule has 0 bridgehead atoms. The molecule has 3 N–H and O–H groups in total. The number of methoxy groups -OCH3 is 1. The molecule has 0 saturated carbocycles. The van der Waals surface area contributed by atoms with Crippen LogP contribution in [0.4, 0.5) is 4.79 Å². The van der Waals surface area contributed by atoms with E-state index in [4.69, 9.17) is 9.47 Å². The van der Waals surface area contributed by atoms with Crippen LogP contribution in [0.3, 0.4) is 0 Å². The van der Waals surface area contributed by atoms with E-state index >= 15 is 0 Å². The van der Waals surface area contributed by atoms with Crippen LogP contribution in [0.25, 0.3) is 0 Å². The molecular weight excluding hydrogens is 378 g/mol. The van der Waals surface area contributed by atoms with Gasteiger partial charge >= 0.3 is 6.09 Å². The molecule has 0 aliphatic carbocycles. The predicted molar refractivity (Wildman–Crippen MR) is 104 cm³/mol. The van der Waals surface area contributed by atoms with Crippen LogP contribution in [0.15, 0.2) is 24.3 Å². The first-order valence-corrected chi connectivity index (χ1v) is 9.73. The number of alkyl carbamates (subject to hydrolysis) is 1. The van der Waals surface area contributed by atoms with Gasteiger partial charge in [0.1, 0.15) is 5.75 Å². The van der Waals surface area contributed by atoms with Crippen LogP contribution >= 0.6 is 0 Å². The molecule has 2 rings (SSSR count). The van der Waals surface area contributed by atoms with Crippen molar-refractivity contribution >= 4 is 17.9 Å². The van der Waals surface area contributed by atoms with E-state index in [-0.39, 0.29) is 5.91 Å². The maximum Gasteiger partial charge on any atom is 0.408 e. The Bertz CT molecular complexity index is 709. The van der Waals surface area contributed by atoms with E-state index in [1.54, 1.807) is 43.8 Å². The van der Waals surface area contributed by atoms with Crippen molar-refractivity contribution in [3.05, 3.63) is 29.8 Å². The van der Waals surface area contributed by atoms with Crippen molar-refractivity contribution in [2.45, 2.75) is 44.8 Å². The largest absolute Gasteiger partial charge is 0.497 e. The summed E-state index contributed by atoms with van der Waals surface area (Å²) in [6, 6.07) is 6.89. The molecule has 1 fully saturated rings. The Labute approximate surface area is 170 Å². The van der Waals surface area contributed by atoms with E-state index in [1.165, 1.54) is 11.9 Å². The maximum absolute atomic E-state index is 13.6. The maximum atomic E-state index is 13.6. The van der Waals surface area contributed by atoms with Crippen molar-refractivity contribution in [2.24, 2.45) is 5.92 Å². The molecule has 1 aromatic rings. The lowest BCUT2D eigenvalue weighted by Crippen LogP contribution is -2.50. The summed E-state index contributed by atoms with van der Waals surface area (Å²) in [6.45, 7) is 2.20.